The number of halogens is 2. The van der Waals surface area contributed by atoms with Crippen molar-refractivity contribution in [2.75, 3.05) is 18.0 Å². The average Bonchev–Trinajstić information content (AvgIpc) is 3.40. The largest absolute Gasteiger partial charge is 0.355 e. The van der Waals surface area contributed by atoms with Crippen LogP contribution >= 0.6 is 0 Å². The molecule has 6 rings (SSSR count). The van der Waals surface area contributed by atoms with Crippen molar-refractivity contribution < 1.29 is 8.78 Å². The van der Waals surface area contributed by atoms with Gasteiger partial charge in [0, 0.05) is 36.6 Å². The van der Waals surface area contributed by atoms with E-state index in [-0.39, 0.29) is 17.0 Å². The number of aromatic nitrogens is 4. The van der Waals surface area contributed by atoms with Crippen molar-refractivity contribution in [1.29, 1.82) is 0 Å². The number of hydrogen-bond donors (Lipinski definition) is 1. The van der Waals surface area contributed by atoms with Crippen LogP contribution in [0, 0.1) is 24.0 Å². The monoisotopic (exact) mass is 446 g/mol. The molecule has 1 aromatic carbocycles. The van der Waals surface area contributed by atoms with E-state index in [1.54, 1.807) is 16.8 Å². The lowest BCUT2D eigenvalue weighted by molar-refractivity contribution is 0.187. The van der Waals surface area contributed by atoms with Crippen molar-refractivity contribution in [3.8, 4) is 11.3 Å². The molecule has 1 spiro atoms. The van der Waals surface area contributed by atoms with Crippen LogP contribution in [0.15, 0.2) is 48.8 Å². The number of nitrogens with zero attached hydrogens (tertiary/aromatic N) is 5. The molecule has 0 unspecified atom stereocenters. The van der Waals surface area contributed by atoms with Crippen molar-refractivity contribution in [2.45, 2.75) is 32.2 Å². The number of anilines is 1. The molecule has 1 saturated heterocycles. The van der Waals surface area contributed by atoms with E-state index >= 15 is 0 Å². The van der Waals surface area contributed by atoms with Gasteiger partial charge in [0.05, 0.1) is 17.6 Å². The van der Waals surface area contributed by atoms with Crippen molar-refractivity contribution in [1.82, 2.24) is 19.6 Å². The van der Waals surface area contributed by atoms with E-state index in [0.29, 0.717) is 11.4 Å². The Morgan fingerprint density at radius 3 is 2.67 bits per heavy atom. The molecule has 2 N–H and O–H groups in total. The van der Waals surface area contributed by atoms with Crippen LogP contribution in [0.25, 0.3) is 16.8 Å². The Balaban J connectivity index is 1.34. The molecule has 2 aliphatic rings. The molecule has 1 aliphatic heterocycles. The molecular formula is C25H24F2N6. The zero-order valence-electron chi connectivity index (χ0n) is 18.3. The minimum Gasteiger partial charge on any atom is -0.355 e. The summed E-state index contributed by atoms with van der Waals surface area (Å²) in [5.74, 6) is -0.973. The van der Waals surface area contributed by atoms with Crippen LogP contribution in [0.2, 0.25) is 0 Å². The van der Waals surface area contributed by atoms with Crippen LogP contribution in [0.5, 0.6) is 0 Å². The fraction of sp³-hybridized carbons (Fsp3) is 0.320. The maximum atomic E-state index is 14.6. The second-order valence-corrected chi connectivity index (χ2v) is 9.14. The molecule has 168 valence electrons. The average molecular weight is 447 g/mol. The Morgan fingerprint density at radius 1 is 1.06 bits per heavy atom. The molecule has 6 nitrogen and oxygen atoms in total. The summed E-state index contributed by atoms with van der Waals surface area (Å²) in [5.41, 5.74) is 11.0. The number of fused-ring (bicyclic) bond motifs is 2. The molecule has 4 heterocycles. The minimum absolute atomic E-state index is 0.00800. The summed E-state index contributed by atoms with van der Waals surface area (Å²) >= 11 is 0. The number of piperidine rings is 1. The van der Waals surface area contributed by atoms with Crippen molar-refractivity contribution in [2.24, 2.45) is 11.1 Å². The van der Waals surface area contributed by atoms with E-state index in [1.807, 2.05) is 25.3 Å². The van der Waals surface area contributed by atoms with Gasteiger partial charge in [0.15, 0.2) is 17.5 Å². The van der Waals surface area contributed by atoms with Gasteiger partial charge in [-0.25, -0.2) is 18.3 Å². The Bertz CT molecular complexity index is 1370. The third kappa shape index (κ3) is 2.97. The first-order valence-corrected chi connectivity index (χ1v) is 11.2. The fourth-order valence-corrected chi connectivity index (χ4v) is 5.61. The van der Waals surface area contributed by atoms with Crippen molar-refractivity contribution >= 4 is 11.3 Å². The Labute approximate surface area is 190 Å². The van der Waals surface area contributed by atoms with Gasteiger partial charge >= 0.3 is 0 Å². The smallest absolute Gasteiger partial charge is 0.168 e. The summed E-state index contributed by atoms with van der Waals surface area (Å²) in [5, 5.41) is 4.42. The van der Waals surface area contributed by atoms with Crippen LogP contribution in [-0.4, -0.2) is 32.7 Å². The topological polar surface area (TPSA) is 72.3 Å². The van der Waals surface area contributed by atoms with E-state index in [0.717, 1.165) is 55.4 Å². The summed E-state index contributed by atoms with van der Waals surface area (Å²) in [6.07, 6.45) is 6.29. The fourth-order valence-electron chi connectivity index (χ4n) is 5.61. The number of rotatable bonds is 2. The third-order valence-corrected chi connectivity index (χ3v) is 7.41. The molecule has 3 aromatic heterocycles. The number of nitrogens with two attached hydrogens (primary N) is 1. The zero-order chi connectivity index (χ0) is 22.7. The molecular weight excluding hydrogens is 422 g/mol. The number of pyridine rings is 1. The molecule has 33 heavy (non-hydrogen) atoms. The first-order chi connectivity index (χ1) is 16.0. The molecule has 0 amide bonds. The number of benzene rings is 1. The molecule has 1 fully saturated rings. The number of hydrogen-bond acceptors (Lipinski definition) is 5. The van der Waals surface area contributed by atoms with Crippen molar-refractivity contribution in [3.05, 3.63) is 77.4 Å². The van der Waals surface area contributed by atoms with Gasteiger partial charge in [0.2, 0.25) is 0 Å². The summed E-state index contributed by atoms with van der Waals surface area (Å²) in [7, 11) is 0. The highest BCUT2D eigenvalue weighted by atomic mass is 19.2. The van der Waals surface area contributed by atoms with Gasteiger partial charge in [-0.05, 0) is 61.4 Å². The standard InChI is InChI=1S/C25H24F2N6/c1-15-22(17-4-2-6-18(26)21(17)27)33-20(7-11-30-33)24(31-15)32-12-8-25(9-13-32)14-19-16(23(25)28)5-3-10-29-19/h2-7,10-11,23H,8-9,12-14,28H2,1H3/t23-/m1/s1. The number of aryl methyl sites for hydroxylation is 1. The van der Waals surface area contributed by atoms with Gasteiger partial charge in [0.1, 0.15) is 5.52 Å². The van der Waals surface area contributed by atoms with Crippen LogP contribution in [0.4, 0.5) is 14.6 Å². The highest BCUT2D eigenvalue weighted by Gasteiger charge is 2.46. The predicted molar refractivity (Wildman–Crippen MR) is 122 cm³/mol. The Kier molecular flexibility index (Phi) is 4.48. The molecule has 0 bridgehead atoms. The minimum atomic E-state index is -0.893. The van der Waals surface area contributed by atoms with Gasteiger partial charge < -0.3 is 10.6 Å². The Morgan fingerprint density at radius 2 is 1.88 bits per heavy atom. The van der Waals surface area contributed by atoms with E-state index < -0.39 is 11.6 Å². The normalized spacial score (nSPS) is 19.4. The second-order valence-electron chi connectivity index (χ2n) is 9.14. The van der Waals surface area contributed by atoms with E-state index in [1.165, 1.54) is 11.6 Å². The first-order valence-electron chi connectivity index (χ1n) is 11.2. The first kappa shape index (κ1) is 20.2. The van der Waals surface area contributed by atoms with Gasteiger partial charge in [-0.3, -0.25) is 4.98 Å². The Hall–Kier alpha value is -3.39. The highest BCUT2D eigenvalue weighted by molar-refractivity contribution is 5.75. The second kappa shape index (κ2) is 7.31. The molecule has 1 aliphatic carbocycles. The lowest BCUT2D eigenvalue weighted by Crippen LogP contribution is -2.44. The molecule has 8 heteroatoms. The zero-order valence-corrected chi connectivity index (χ0v) is 18.3. The molecule has 0 radical (unpaired) electrons. The maximum absolute atomic E-state index is 14.6. The van der Waals surface area contributed by atoms with Gasteiger partial charge in [-0.2, -0.15) is 5.10 Å². The van der Waals surface area contributed by atoms with Gasteiger partial charge in [-0.1, -0.05) is 12.1 Å². The maximum Gasteiger partial charge on any atom is 0.168 e. The van der Waals surface area contributed by atoms with E-state index in [2.05, 4.69) is 21.0 Å². The molecule has 4 aromatic rings. The van der Waals surface area contributed by atoms with E-state index in [9.17, 15) is 8.78 Å². The SMILES string of the molecule is Cc1nc(N2CCC3(CC2)Cc2ncccc2[C@H]3N)c2ccnn2c1-c1cccc(F)c1F. The molecule has 0 saturated carbocycles. The molecule has 1 atom stereocenters. The van der Waals surface area contributed by atoms with Gasteiger partial charge in [-0.15, -0.1) is 0 Å². The summed E-state index contributed by atoms with van der Waals surface area (Å²) < 4.78 is 30.2. The quantitative estimate of drug-likeness (QED) is 0.499. The van der Waals surface area contributed by atoms with Crippen LogP contribution in [0.3, 0.4) is 0 Å². The van der Waals surface area contributed by atoms with Crippen LogP contribution in [-0.2, 0) is 6.42 Å². The predicted octanol–water partition coefficient (Wildman–Crippen LogP) is 4.22. The van der Waals surface area contributed by atoms with Crippen LogP contribution in [0.1, 0.15) is 35.8 Å². The lowest BCUT2D eigenvalue weighted by Gasteiger charge is -2.42. The summed E-state index contributed by atoms with van der Waals surface area (Å²) in [6.45, 7) is 3.43. The highest BCUT2D eigenvalue weighted by Crippen LogP contribution is 2.50. The van der Waals surface area contributed by atoms with Crippen LogP contribution < -0.4 is 10.6 Å². The van der Waals surface area contributed by atoms with Gasteiger partial charge in [0.25, 0.3) is 0 Å². The summed E-state index contributed by atoms with van der Waals surface area (Å²) in [4.78, 5) is 11.7. The third-order valence-electron chi connectivity index (χ3n) is 7.41. The van der Waals surface area contributed by atoms with E-state index in [4.69, 9.17) is 10.7 Å². The lowest BCUT2D eigenvalue weighted by atomic mass is 9.73. The van der Waals surface area contributed by atoms with Crippen molar-refractivity contribution in [3.63, 3.8) is 0 Å². The summed E-state index contributed by atoms with van der Waals surface area (Å²) in [6, 6.07) is 10.1.